The average molecular weight is 648 g/mol. The quantitative estimate of drug-likeness (QED) is 0.170. The number of thioether (sulfide) groups is 2. The fourth-order valence-electron chi connectivity index (χ4n) is 4.35. The molecule has 0 bridgehead atoms. The number of nitrogens with zero attached hydrogens (tertiary/aromatic N) is 3. The maximum atomic E-state index is 13.5. The minimum absolute atomic E-state index is 0.0544. The van der Waals surface area contributed by atoms with Gasteiger partial charge in [-0.05, 0) is 48.4 Å². The van der Waals surface area contributed by atoms with Crippen molar-refractivity contribution < 1.29 is 34.5 Å². The Balaban J connectivity index is 1.33. The molecule has 0 saturated carbocycles. The van der Waals surface area contributed by atoms with E-state index < -0.39 is 41.1 Å². The number of carbonyl (C=O) groups is 4. The van der Waals surface area contributed by atoms with E-state index in [4.69, 9.17) is 11.6 Å². The van der Waals surface area contributed by atoms with E-state index in [1.54, 1.807) is 0 Å². The first-order valence-electron chi connectivity index (χ1n) is 12.2. The van der Waals surface area contributed by atoms with Gasteiger partial charge in [-0.2, -0.15) is 0 Å². The number of benzene rings is 2. The second-order valence-corrected chi connectivity index (χ2v) is 13.1. The number of carbonyl (C=O) groups excluding carboxylic acids is 3. The molecule has 3 atom stereocenters. The number of aliphatic carboxylic acids is 1. The third-order valence-electron chi connectivity index (χ3n) is 6.40. The summed E-state index contributed by atoms with van der Waals surface area (Å²) >= 11 is 9.98. The van der Waals surface area contributed by atoms with E-state index in [0.29, 0.717) is 27.0 Å². The van der Waals surface area contributed by atoms with Crippen LogP contribution in [0.25, 0.3) is 0 Å². The summed E-state index contributed by atoms with van der Waals surface area (Å²) in [5.74, 6) is -2.86. The van der Waals surface area contributed by atoms with Gasteiger partial charge in [-0.1, -0.05) is 46.8 Å². The highest BCUT2D eigenvalue weighted by Gasteiger charge is 2.54. The lowest BCUT2D eigenvalue weighted by atomic mass is 10.0. The van der Waals surface area contributed by atoms with Crippen LogP contribution in [0.4, 0.5) is 0 Å². The first-order chi connectivity index (χ1) is 20.0. The largest absolute Gasteiger partial charge is 0.508 e. The molecule has 0 radical (unpaired) electrons. The van der Waals surface area contributed by atoms with Gasteiger partial charge < -0.3 is 26.0 Å². The molecule has 16 heteroatoms. The molecule has 3 heterocycles. The fraction of sp³-hybridized carbons (Fsp3) is 0.231. The molecule has 0 spiro atoms. The van der Waals surface area contributed by atoms with Gasteiger partial charge in [0.05, 0.1) is 5.02 Å². The molecule has 218 valence electrons. The summed E-state index contributed by atoms with van der Waals surface area (Å²) < 4.78 is 0.689. The van der Waals surface area contributed by atoms with E-state index in [2.05, 4.69) is 20.8 Å². The zero-order valence-electron chi connectivity index (χ0n) is 21.6. The average Bonchev–Trinajstić information content (AvgIpc) is 3.39. The van der Waals surface area contributed by atoms with Crippen molar-refractivity contribution in [3.05, 3.63) is 74.9 Å². The lowest BCUT2D eigenvalue weighted by molar-refractivity contribution is -0.151. The van der Waals surface area contributed by atoms with Crippen LogP contribution in [0.5, 0.6) is 11.5 Å². The van der Waals surface area contributed by atoms with Gasteiger partial charge in [0, 0.05) is 17.1 Å². The van der Waals surface area contributed by atoms with Crippen molar-refractivity contribution in [2.45, 2.75) is 28.7 Å². The first-order valence-corrected chi connectivity index (χ1v) is 15.5. The number of carboxylic acids is 1. The fourth-order valence-corrected chi connectivity index (χ4v) is 7.83. The van der Waals surface area contributed by atoms with Gasteiger partial charge in [-0.15, -0.1) is 22.0 Å². The predicted octanol–water partition coefficient (Wildman–Crippen LogP) is 2.91. The summed E-state index contributed by atoms with van der Waals surface area (Å²) in [5.41, 5.74) is 0.839. The van der Waals surface area contributed by atoms with Crippen molar-refractivity contribution >= 4 is 70.2 Å². The zero-order valence-corrected chi connectivity index (χ0v) is 24.8. The molecule has 2 unspecified atom stereocenters. The van der Waals surface area contributed by atoms with Gasteiger partial charge in [-0.3, -0.25) is 19.3 Å². The number of hydrogen-bond donors (Lipinski definition) is 5. The van der Waals surface area contributed by atoms with Crippen molar-refractivity contribution in [1.29, 1.82) is 0 Å². The lowest BCUT2D eigenvalue weighted by Crippen LogP contribution is -2.71. The number of aromatic hydroxyl groups is 2. The van der Waals surface area contributed by atoms with Gasteiger partial charge in [0.2, 0.25) is 5.91 Å². The van der Waals surface area contributed by atoms with E-state index in [-0.39, 0.29) is 27.8 Å². The first kappa shape index (κ1) is 29.7. The Morgan fingerprint density at radius 2 is 1.90 bits per heavy atom. The second kappa shape index (κ2) is 12.2. The molecular weight excluding hydrogens is 626 g/mol. The van der Waals surface area contributed by atoms with Crippen LogP contribution >= 0.6 is 46.5 Å². The number of hydrogen-bond acceptors (Lipinski definition) is 11. The normalized spacial score (nSPS) is 18.6. The van der Waals surface area contributed by atoms with Crippen molar-refractivity contribution in [2.75, 3.05) is 11.5 Å². The Morgan fingerprint density at radius 1 is 1.17 bits per heavy atom. The smallest absolute Gasteiger partial charge is 0.352 e. The van der Waals surface area contributed by atoms with Crippen molar-refractivity contribution in [1.82, 2.24) is 25.7 Å². The highest BCUT2D eigenvalue weighted by Crippen LogP contribution is 2.42. The molecule has 0 aliphatic carbocycles. The van der Waals surface area contributed by atoms with Crippen LogP contribution in [0.3, 0.4) is 0 Å². The summed E-state index contributed by atoms with van der Waals surface area (Å²) in [4.78, 5) is 53.1. The maximum Gasteiger partial charge on any atom is 0.352 e. The molecule has 2 aromatic carbocycles. The number of amides is 3. The Hall–Kier alpha value is -3.79. The van der Waals surface area contributed by atoms with Gasteiger partial charge >= 0.3 is 5.97 Å². The van der Waals surface area contributed by atoms with Crippen LogP contribution in [0, 0.1) is 6.92 Å². The summed E-state index contributed by atoms with van der Waals surface area (Å²) in [6, 6.07) is 7.09. The molecule has 1 fully saturated rings. The van der Waals surface area contributed by atoms with E-state index >= 15 is 0 Å². The zero-order chi connectivity index (χ0) is 30.1. The molecule has 3 aromatic rings. The van der Waals surface area contributed by atoms with E-state index in [1.807, 2.05) is 6.92 Å². The molecule has 2 aliphatic heterocycles. The molecule has 1 aromatic heterocycles. The number of phenols is 2. The van der Waals surface area contributed by atoms with Crippen LogP contribution in [0.15, 0.2) is 58.1 Å². The van der Waals surface area contributed by atoms with Gasteiger partial charge in [-0.25, -0.2) is 4.79 Å². The Morgan fingerprint density at radius 3 is 2.55 bits per heavy atom. The monoisotopic (exact) mass is 647 g/mol. The molecular formula is C26H22ClN5O7S3. The Labute approximate surface area is 256 Å². The van der Waals surface area contributed by atoms with Crippen LogP contribution in [0.2, 0.25) is 5.02 Å². The number of rotatable bonds is 9. The number of phenolic OH excluding ortho intramolecular Hbond substituents is 2. The lowest BCUT2D eigenvalue weighted by Gasteiger charge is -2.49. The predicted molar refractivity (Wildman–Crippen MR) is 156 cm³/mol. The van der Waals surface area contributed by atoms with Gasteiger partial charge in [0.1, 0.15) is 39.7 Å². The summed E-state index contributed by atoms with van der Waals surface area (Å²) in [7, 11) is 0. The topological polar surface area (TPSA) is 182 Å². The summed E-state index contributed by atoms with van der Waals surface area (Å²) in [6.07, 6.45) is 0. The molecule has 5 N–H and O–H groups in total. The number of aryl methyl sites for hydroxylation is 1. The van der Waals surface area contributed by atoms with E-state index in [1.165, 1.54) is 82.2 Å². The SMILES string of the molecule is Cc1nnc(SCC2=C(C(=O)O)N3C(=O)C(NC(=O)C(NC(=O)c4ccc(O)c(Cl)c4)c4ccc(O)cc4)[C@@H]3SC2)s1. The number of aromatic nitrogens is 2. The van der Waals surface area contributed by atoms with Crippen molar-refractivity contribution in [2.24, 2.45) is 0 Å². The minimum Gasteiger partial charge on any atom is -0.508 e. The number of β-lactam (4-membered cyclic amide) rings is 1. The second-order valence-electron chi connectivity index (χ2n) is 9.19. The summed E-state index contributed by atoms with van der Waals surface area (Å²) in [5, 5.41) is 42.7. The maximum absolute atomic E-state index is 13.5. The number of fused-ring (bicyclic) bond motifs is 1. The molecule has 42 heavy (non-hydrogen) atoms. The molecule has 2 aliphatic rings. The van der Waals surface area contributed by atoms with Crippen LogP contribution in [-0.2, 0) is 14.4 Å². The van der Waals surface area contributed by atoms with Crippen LogP contribution in [-0.4, -0.2) is 77.0 Å². The molecule has 1 saturated heterocycles. The van der Waals surface area contributed by atoms with Gasteiger partial charge in [0.25, 0.3) is 11.8 Å². The van der Waals surface area contributed by atoms with Crippen molar-refractivity contribution in [3.63, 3.8) is 0 Å². The number of halogens is 1. The van der Waals surface area contributed by atoms with Crippen LogP contribution < -0.4 is 10.6 Å². The number of carboxylic acid groups (broad SMARTS) is 1. The Bertz CT molecular complexity index is 1610. The van der Waals surface area contributed by atoms with E-state index in [9.17, 15) is 34.5 Å². The van der Waals surface area contributed by atoms with Gasteiger partial charge in [0.15, 0.2) is 4.34 Å². The standard InChI is InChI=1S/C26H22ClN5O7S3/c1-11-30-31-26(42-11)41-10-14-9-40-24-19(23(37)32(24)20(14)25(38)39)29-22(36)18(12-2-5-15(33)6-3-12)28-21(35)13-4-7-17(34)16(27)8-13/h2-8,18-19,24,33-34H,9-10H2,1H3,(H,28,35)(H,29,36)(H,38,39)/t18?,19?,24-/m0/s1. The highest BCUT2D eigenvalue weighted by molar-refractivity contribution is 8.01. The molecule has 12 nitrogen and oxygen atoms in total. The minimum atomic E-state index is -1.28. The van der Waals surface area contributed by atoms with Crippen LogP contribution in [0.1, 0.15) is 27.0 Å². The Kier molecular flexibility index (Phi) is 8.63. The third-order valence-corrected chi connectivity index (χ3v) is 10.1. The van der Waals surface area contributed by atoms with Crippen molar-refractivity contribution in [3.8, 4) is 11.5 Å². The summed E-state index contributed by atoms with van der Waals surface area (Å²) in [6.45, 7) is 1.82. The molecule has 3 amide bonds. The third kappa shape index (κ3) is 6.04. The van der Waals surface area contributed by atoms with E-state index in [0.717, 1.165) is 5.01 Å². The highest BCUT2D eigenvalue weighted by atomic mass is 35.5. The molecule has 5 rings (SSSR count). The number of nitrogens with one attached hydrogen (secondary N) is 2.